The van der Waals surface area contributed by atoms with Crippen LogP contribution in [0.4, 0.5) is 0 Å². The molecule has 9 heteroatoms. The van der Waals surface area contributed by atoms with Gasteiger partial charge in [0, 0.05) is 12.8 Å². The van der Waals surface area contributed by atoms with Gasteiger partial charge >= 0.3 is 17.9 Å². The third kappa shape index (κ3) is 48.5. The minimum atomic E-state index is -1.52. The molecule has 374 valence electrons. The van der Waals surface area contributed by atoms with E-state index in [0.29, 0.717) is 23.9 Å². The van der Waals surface area contributed by atoms with E-state index in [4.69, 9.17) is 18.9 Å². The van der Waals surface area contributed by atoms with Gasteiger partial charge in [-0.25, -0.2) is 4.79 Å². The average Bonchev–Trinajstić information content (AvgIpc) is 3.27. The van der Waals surface area contributed by atoms with Crippen LogP contribution >= 0.6 is 0 Å². The number of carboxylic acids is 1. The highest BCUT2D eigenvalue weighted by molar-refractivity contribution is 5.71. The van der Waals surface area contributed by atoms with Crippen LogP contribution in [0.25, 0.3) is 0 Å². The molecule has 0 radical (unpaired) electrons. The summed E-state index contributed by atoms with van der Waals surface area (Å²) in [5, 5.41) is 9.68. The number of hydrogen-bond donors (Lipinski definition) is 1. The Morgan fingerprint density at radius 1 is 0.477 bits per heavy atom. The first-order chi connectivity index (χ1) is 31.6. The molecule has 2 unspecified atom stereocenters. The monoisotopic (exact) mass is 913 g/mol. The van der Waals surface area contributed by atoms with Crippen molar-refractivity contribution in [3.63, 3.8) is 0 Å². The minimum absolute atomic E-state index is 0.180. The van der Waals surface area contributed by atoms with E-state index in [-0.39, 0.29) is 32.2 Å². The summed E-state index contributed by atoms with van der Waals surface area (Å²) in [7, 11) is 5.95. The lowest BCUT2D eigenvalue weighted by Crippen LogP contribution is -2.40. The van der Waals surface area contributed by atoms with E-state index in [9.17, 15) is 19.5 Å². The van der Waals surface area contributed by atoms with E-state index in [1.54, 1.807) is 0 Å². The molecule has 9 nitrogen and oxygen atoms in total. The third-order valence-corrected chi connectivity index (χ3v) is 10.9. The number of aliphatic carboxylic acids is 1. The normalized spacial score (nSPS) is 13.4. The molecule has 0 saturated heterocycles. The van der Waals surface area contributed by atoms with Crippen LogP contribution in [0.15, 0.2) is 72.9 Å². The number of hydrogen-bond acceptors (Lipinski definition) is 7. The molecule has 0 bridgehead atoms. The Hall–Kier alpha value is -3.27. The molecule has 0 spiro atoms. The van der Waals surface area contributed by atoms with Crippen LogP contribution in [-0.2, 0) is 33.3 Å². The van der Waals surface area contributed by atoms with Crippen LogP contribution in [-0.4, -0.2) is 87.4 Å². The summed E-state index contributed by atoms with van der Waals surface area (Å²) in [4.78, 5) is 37.3. The molecule has 0 aromatic carbocycles. The van der Waals surface area contributed by atoms with Gasteiger partial charge in [-0.1, -0.05) is 183 Å². The molecule has 0 saturated carbocycles. The summed E-state index contributed by atoms with van der Waals surface area (Å²) in [5.41, 5.74) is 0. The Morgan fingerprint density at radius 2 is 0.877 bits per heavy atom. The third-order valence-electron chi connectivity index (χ3n) is 10.9. The van der Waals surface area contributed by atoms with Gasteiger partial charge in [0.1, 0.15) is 13.2 Å². The average molecular weight is 913 g/mol. The molecular formula is C56H98NO8+. The molecule has 2 atom stereocenters. The summed E-state index contributed by atoms with van der Waals surface area (Å²) in [5.74, 6) is -2.04. The molecule has 0 aliphatic carbocycles. The number of likely N-dealkylation sites (N-methyl/N-ethyl adjacent to an activating group) is 1. The molecule has 0 heterocycles. The topological polar surface area (TPSA) is 108 Å². The van der Waals surface area contributed by atoms with Gasteiger partial charge in [0.25, 0.3) is 6.29 Å². The molecule has 0 rings (SSSR count). The van der Waals surface area contributed by atoms with Gasteiger partial charge in [-0.15, -0.1) is 0 Å². The van der Waals surface area contributed by atoms with Crippen LogP contribution in [0.1, 0.15) is 206 Å². The zero-order valence-electron chi connectivity index (χ0n) is 42.4. The fourth-order valence-electron chi connectivity index (χ4n) is 6.92. The molecule has 0 aromatic heterocycles. The number of quaternary nitrogens is 1. The van der Waals surface area contributed by atoms with E-state index in [1.807, 2.05) is 21.1 Å². The summed E-state index contributed by atoms with van der Waals surface area (Å²) in [6, 6.07) is 0. The van der Waals surface area contributed by atoms with Gasteiger partial charge in [-0.2, -0.15) is 0 Å². The highest BCUT2D eigenvalue weighted by Crippen LogP contribution is 2.14. The maximum atomic E-state index is 12.8. The van der Waals surface area contributed by atoms with Crippen molar-refractivity contribution >= 4 is 17.9 Å². The first-order valence-corrected chi connectivity index (χ1v) is 26.1. The fourth-order valence-corrected chi connectivity index (χ4v) is 6.92. The standard InChI is InChI=1S/C56H97NO8/c1-6-8-10-12-14-16-18-20-22-24-26-27-29-31-33-35-37-39-41-43-45-47-54(59)65-52(51-64-56(55(60)61)62-49-48-57(3,4)5)50-63-53(58)46-44-42-40-38-36-34-32-30-28-25-23-21-19-17-15-13-11-9-7-2/h8,10,14,16,20-23,26-27,31,33,52,56H,6-7,9,11-13,15,17-19,24-25,28-30,32,34-51H2,1-5H3/p+1/b10-8-,16-14-,22-20-,23-21-,27-26-,33-31-. The molecule has 1 N–H and O–H groups in total. The molecule has 0 aliphatic rings. The number of carbonyl (C=O) groups is 3. The van der Waals surface area contributed by atoms with Crippen molar-refractivity contribution in [2.75, 3.05) is 47.5 Å². The van der Waals surface area contributed by atoms with Gasteiger partial charge in [-0.3, -0.25) is 9.59 Å². The SMILES string of the molecule is CC/C=C\C/C=C\C/C=C\C/C=C\C/C=C\CCCCCCCC(=O)OC(COC(=O)CCCCCCCCCCC/C=C\CCCCCCCC)COC(OCC[N+](C)(C)C)C(=O)O. The maximum Gasteiger partial charge on any atom is 0.361 e. The van der Waals surface area contributed by atoms with Crippen molar-refractivity contribution in [3.8, 4) is 0 Å². The van der Waals surface area contributed by atoms with Crippen molar-refractivity contribution < 1.29 is 42.9 Å². The predicted octanol–water partition coefficient (Wildman–Crippen LogP) is 14.7. The summed E-state index contributed by atoms with van der Waals surface area (Å²) in [6.45, 7) is 4.73. The number of carboxylic acid groups (broad SMARTS) is 1. The summed E-state index contributed by atoms with van der Waals surface area (Å²) >= 11 is 0. The van der Waals surface area contributed by atoms with E-state index < -0.39 is 24.3 Å². The molecule has 0 aromatic rings. The van der Waals surface area contributed by atoms with Crippen LogP contribution in [0.3, 0.4) is 0 Å². The Balaban J connectivity index is 4.39. The zero-order chi connectivity index (χ0) is 47.7. The quantitative estimate of drug-likeness (QED) is 0.0211. The first-order valence-electron chi connectivity index (χ1n) is 26.1. The lowest BCUT2D eigenvalue weighted by atomic mass is 10.1. The molecular weight excluding hydrogens is 815 g/mol. The van der Waals surface area contributed by atoms with Gasteiger partial charge in [0.05, 0.1) is 34.4 Å². The highest BCUT2D eigenvalue weighted by Gasteiger charge is 2.25. The van der Waals surface area contributed by atoms with E-state index in [0.717, 1.165) is 83.5 Å². The predicted molar refractivity (Wildman–Crippen MR) is 272 cm³/mol. The van der Waals surface area contributed by atoms with Gasteiger partial charge < -0.3 is 28.5 Å². The number of unbranched alkanes of at least 4 members (excludes halogenated alkanes) is 20. The smallest absolute Gasteiger partial charge is 0.361 e. The molecule has 0 amide bonds. The number of carbonyl (C=O) groups excluding carboxylic acids is 2. The van der Waals surface area contributed by atoms with Crippen molar-refractivity contribution in [1.29, 1.82) is 0 Å². The lowest BCUT2D eigenvalue weighted by Gasteiger charge is -2.25. The van der Waals surface area contributed by atoms with Crippen LogP contribution in [0.5, 0.6) is 0 Å². The van der Waals surface area contributed by atoms with E-state index in [1.165, 1.54) is 89.9 Å². The second-order valence-electron chi connectivity index (χ2n) is 18.4. The number of allylic oxidation sites excluding steroid dienone is 12. The summed E-state index contributed by atoms with van der Waals surface area (Å²) in [6.07, 6.45) is 56.7. The largest absolute Gasteiger partial charge is 0.477 e. The van der Waals surface area contributed by atoms with Crippen LogP contribution in [0.2, 0.25) is 0 Å². The molecule has 0 fully saturated rings. The second kappa shape index (κ2) is 47.2. The summed E-state index contributed by atoms with van der Waals surface area (Å²) < 4.78 is 22.8. The van der Waals surface area contributed by atoms with E-state index in [2.05, 4.69) is 86.8 Å². The Morgan fingerprint density at radius 3 is 1.32 bits per heavy atom. The number of ether oxygens (including phenoxy) is 4. The highest BCUT2D eigenvalue weighted by atomic mass is 16.7. The zero-order valence-corrected chi connectivity index (χ0v) is 42.4. The van der Waals surface area contributed by atoms with Crippen molar-refractivity contribution in [3.05, 3.63) is 72.9 Å². The Kier molecular flexibility index (Phi) is 44.9. The molecule has 65 heavy (non-hydrogen) atoms. The van der Waals surface area contributed by atoms with Crippen molar-refractivity contribution in [1.82, 2.24) is 0 Å². The second-order valence-corrected chi connectivity index (χ2v) is 18.4. The number of rotatable bonds is 47. The van der Waals surface area contributed by atoms with Crippen LogP contribution < -0.4 is 0 Å². The Bertz CT molecular complexity index is 1290. The number of nitrogens with zero attached hydrogens (tertiary/aromatic N) is 1. The fraction of sp³-hybridized carbons (Fsp3) is 0.732. The lowest BCUT2D eigenvalue weighted by molar-refractivity contribution is -0.870. The van der Waals surface area contributed by atoms with Crippen molar-refractivity contribution in [2.45, 2.75) is 219 Å². The van der Waals surface area contributed by atoms with Gasteiger partial charge in [0.15, 0.2) is 6.10 Å². The maximum absolute atomic E-state index is 12.8. The van der Waals surface area contributed by atoms with Crippen LogP contribution in [0, 0.1) is 0 Å². The molecule has 0 aliphatic heterocycles. The van der Waals surface area contributed by atoms with Crippen molar-refractivity contribution in [2.24, 2.45) is 0 Å². The van der Waals surface area contributed by atoms with E-state index >= 15 is 0 Å². The van der Waals surface area contributed by atoms with Gasteiger partial charge in [-0.05, 0) is 83.5 Å². The van der Waals surface area contributed by atoms with Gasteiger partial charge in [0.2, 0.25) is 0 Å². The minimum Gasteiger partial charge on any atom is -0.477 e. The number of esters is 2. The Labute approximate surface area is 398 Å². The first kappa shape index (κ1) is 61.7.